The zero-order chi connectivity index (χ0) is 16.2. The Morgan fingerprint density at radius 2 is 2.09 bits per heavy atom. The molecule has 2 aromatic heterocycles. The Hall–Kier alpha value is -2.74. The molecule has 2 N–H and O–H groups in total. The maximum absolute atomic E-state index is 11.9. The highest BCUT2D eigenvalue weighted by molar-refractivity contribution is 7.09. The van der Waals surface area contributed by atoms with Crippen molar-refractivity contribution in [2.75, 3.05) is 5.32 Å². The van der Waals surface area contributed by atoms with Crippen molar-refractivity contribution in [1.29, 1.82) is 0 Å². The van der Waals surface area contributed by atoms with Crippen molar-refractivity contribution >= 4 is 23.1 Å². The summed E-state index contributed by atoms with van der Waals surface area (Å²) in [6.07, 6.45) is 1.59. The zero-order valence-electron chi connectivity index (χ0n) is 12.8. The summed E-state index contributed by atoms with van der Waals surface area (Å²) in [7, 11) is 1.83. The molecule has 3 rings (SSSR count). The summed E-state index contributed by atoms with van der Waals surface area (Å²) in [5.74, 6) is 0.689. The minimum Gasteiger partial charge on any atom is -0.331 e. The second-order valence-corrected chi connectivity index (χ2v) is 6.06. The van der Waals surface area contributed by atoms with Gasteiger partial charge >= 0.3 is 6.03 Å². The van der Waals surface area contributed by atoms with Crippen molar-refractivity contribution in [1.82, 2.24) is 25.1 Å². The van der Waals surface area contributed by atoms with Gasteiger partial charge in [0.1, 0.15) is 6.33 Å². The molecule has 7 nitrogen and oxygen atoms in total. The number of aryl methyl sites for hydroxylation is 2. The smallest absolute Gasteiger partial charge is 0.319 e. The average Bonchev–Trinajstić information content (AvgIpc) is 3.15. The molecule has 3 aromatic rings. The van der Waals surface area contributed by atoms with Crippen molar-refractivity contribution in [3.05, 3.63) is 46.8 Å². The number of nitrogens with zero attached hydrogens (tertiary/aromatic N) is 4. The lowest BCUT2D eigenvalue weighted by Crippen LogP contribution is -2.29. The Kier molecular flexibility index (Phi) is 4.33. The molecule has 0 atom stereocenters. The second kappa shape index (κ2) is 6.57. The van der Waals surface area contributed by atoms with Gasteiger partial charge in [-0.3, -0.25) is 0 Å². The van der Waals surface area contributed by atoms with E-state index in [0.717, 1.165) is 22.0 Å². The van der Waals surface area contributed by atoms with Crippen LogP contribution in [0.2, 0.25) is 0 Å². The van der Waals surface area contributed by atoms with Crippen LogP contribution in [0.3, 0.4) is 0 Å². The number of urea groups is 1. The quantitative estimate of drug-likeness (QED) is 0.771. The van der Waals surface area contributed by atoms with Gasteiger partial charge < -0.3 is 15.2 Å². The third kappa shape index (κ3) is 3.72. The molecular weight excluding hydrogens is 312 g/mol. The standard InChI is InChI=1S/C15H16N6OS/c1-10-18-13(8-23-10)11-3-5-12(6-4-11)19-15(22)16-7-14-20-17-9-21(14)2/h3-6,8-9H,7H2,1-2H3,(H2,16,19,22). The lowest BCUT2D eigenvalue weighted by Gasteiger charge is -2.07. The van der Waals surface area contributed by atoms with Gasteiger partial charge in [0, 0.05) is 23.7 Å². The maximum atomic E-state index is 11.9. The fourth-order valence-corrected chi connectivity index (χ4v) is 2.64. The Labute approximate surface area is 137 Å². The molecule has 0 saturated heterocycles. The van der Waals surface area contributed by atoms with Crippen molar-refractivity contribution in [2.24, 2.45) is 7.05 Å². The molecule has 0 aliphatic heterocycles. The number of aromatic nitrogens is 4. The first-order chi connectivity index (χ1) is 11.1. The summed E-state index contributed by atoms with van der Waals surface area (Å²) in [4.78, 5) is 16.3. The number of benzene rings is 1. The molecule has 0 bridgehead atoms. The molecule has 0 spiro atoms. The number of hydrogen-bond acceptors (Lipinski definition) is 5. The van der Waals surface area contributed by atoms with E-state index in [0.29, 0.717) is 12.4 Å². The average molecular weight is 328 g/mol. The van der Waals surface area contributed by atoms with E-state index >= 15 is 0 Å². The number of nitrogens with one attached hydrogen (secondary N) is 2. The first-order valence-electron chi connectivity index (χ1n) is 7.02. The zero-order valence-corrected chi connectivity index (χ0v) is 13.6. The van der Waals surface area contributed by atoms with Crippen LogP contribution in [0.5, 0.6) is 0 Å². The Balaban J connectivity index is 1.57. The molecule has 8 heteroatoms. The Morgan fingerprint density at radius 3 is 2.70 bits per heavy atom. The van der Waals surface area contributed by atoms with E-state index in [-0.39, 0.29) is 6.03 Å². The van der Waals surface area contributed by atoms with Gasteiger partial charge in [-0.1, -0.05) is 12.1 Å². The molecule has 0 aliphatic carbocycles. The minimum atomic E-state index is -0.287. The van der Waals surface area contributed by atoms with E-state index in [1.54, 1.807) is 22.2 Å². The molecule has 2 amide bonds. The largest absolute Gasteiger partial charge is 0.331 e. The monoisotopic (exact) mass is 328 g/mol. The van der Waals surface area contributed by atoms with Crippen molar-refractivity contribution in [3.8, 4) is 11.3 Å². The fourth-order valence-electron chi connectivity index (χ4n) is 2.02. The van der Waals surface area contributed by atoms with Crippen molar-refractivity contribution in [2.45, 2.75) is 13.5 Å². The van der Waals surface area contributed by atoms with Crippen LogP contribution >= 0.6 is 11.3 Å². The summed E-state index contributed by atoms with van der Waals surface area (Å²) in [6, 6.07) is 7.29. The van der Waals surface area contributed by atoms with Crippen LogP contribution in [-0.2, 0) is 13.6 Å². The third-order valence-electron chi connectivity index (χ3n) is 3.27. The van der Waals surface area contributed by atoms with Crippen LogP contribution in [0.4, 0.5) is 10.5 Å². The van der Waals surface area contributed by atoms with Gasteiger partial charge in [-0.05, 0) is 19.1 Å². The topological polar surface area (TPSA) is 84.7 Å². The Bertz CT molecular complexity index is 807. The number of anilines is 1. The van der Waals surface area contributed by atoms with Gasteiger partial charge in [0.05, 0.1) is 17.2 Å². The van der Waals surface area contributed by atoms with Gasteiger partial charge in [0.2, 0.25) is 0 Å². The van der Waals surface area contributed by atoms with Gasteiger partial charge in [-0.2, -0.15) is 0 Å². The SMILES string of the molecule is Cc1nc(-c2ccc(NC(=O)NCc3nncn3C)cc2)cs1. The maximum Gasteiger partial charge on any atom is 0.319 e. The molecule has 1 aromatic carbocycles. The van der Waals surface area contributed by atoms with E-state index in [2.05, 4.69) is 25.8 Å². The molecule has 0 aliphatic rings. The molecule has 0 unspecified atom stereocenters. The number of thiazole rings is 1. The predicted octanol–water partition coefficient (Wildman–Crippen LogP) is 2.57. The minimum absolute atomic E-state index is 0.287. The number of carbonyl (C=O) groups excluding carboxylic acids is 1. The lowest BCUT2D eigenvalue weighted by atomic mass is 10.1. The first-order valence-corrected chi connectivity index (χ1v) is 7.90. The number of rotatable bonds is 4. The summed E-state index contributed by atoms with van der Waals surface area (Å²) >= 11 is 1.62. The summed E-state index contributed by atoms with van der Waals surface area (Å²) in [6.45, 7) is 2.30. The van der Waals surface area contributed by atoms with E-state index in [4.69, 9.17) is 0 Å². The van der Waals surface area contributed by atoms with E-state index in [9.17, 15) is 4.79 Å². The highest BCUT2D eigenvalue weighted by Gasteiger charge is 2.06. The highest BCUT2D eigenvalue weighted by atomic mass is 32.1. The first kappa shape index (κ1) is 15.2. The summed E-state index contributed by atoms with van der Waals surface area (Å²) < 4.78 is 1.75. The molecule has 0 saturated carbocycles. The number of hydrogen-bond donors (Lipinski definition) is 2. The summed E-state index contributed by atoms with van der Waals surface area (Å²) in [5, 5.41) is 16.2. The van der Waals surface area contributed by atoms with Crippen molar-refractivity contribution in [3.63, 3.8) is 0 Å². The van der Waals surface area contributed by atoms with Crippen LogP contribution in [-0.4, -0.2) is 25.8 Å². The highest BCUT2D eigenvalue weighted by Crippen LogP contribution is 2.22. The van der Waals surface area contributed by atoms with E-state index in [1.165, 1.54) is 0 Å². The molecule has 0 radical (unpaired) electrons. The Morgan fingerprint density at radius 1 is 1.30 bits per heavy atom. The van der Waals surface area contributed by atoms with E-state index in [1.807, 2.05) is 43.6 Å². The van der Waals surface area contributed by atoms with Gasteiger partial charge in [0.15, 0.2) is 5.82 Å². The molecule has 0 fully saturated rings. The third-order valence-corrected chi connectivity index (χ3v) is 4.04. The predicted molar refractivity (Wildman–Crippen MR) is 89.1 cm³/mol. The van der Waals surface area contributed by atoms with E-state index < -0.39 is 0 Å². The van der Waals surface area contributed by atoms with Gasteiger partial charge in [-0.25, -0.2) is 9.78 Å². The van der Waals surface area contributed by atoms with Crippen LogP contribution in [0, 0.1) is 6.92 Å². The number of carbonyl (C=O) groups is 1. The van der Waals surface area contributed by atoms with Crippen molar-refractivity contribution < 1.29 is 4.79 Å². The molecule has 2 heterocycles. The van der Waals surface area contributed by atoms with Crippen LogP contribution in [0.15, 0.2) is 36.0 Å². The lowest BCUT2D eigenvalue weighted by molar-refractivity contribution is 0.251. The van der Waals surface area contributed by atoms with Crippen LogP contribution < -0.4 is 10.6 Å². The normalized spacial score (nSPS) is 10.5. The second-order valence-electron chi connectivity index (χ2n) is 4.99. The summed E-state index contributed by atoms with van der Waals surface area (Å²) in [5.41, 5.74) is 2.70. The molecular formula is C15H16N6OS. The van der Waals surface area contributed by atoms with Gasteiger partial charge in [-0.15, -0.1) is 21.5 Å². The molecule has 118 valence electrons. The number of amides is 2. The molecule has 23 heavy (non-hydrogen) atoms. The van der Waals surface area contributed by atoms with Crippen LogP contribution in [0.25, 0.3) is 11.3 Å². The van der Waals surface area contributed by atoms with Crippen LogP contribution in [0.1, 0.15) is 10.8 Å². The van der Waals surface area contributed by atoms with Gasteiger partial charge in [0.25, 0.3) is 0 Å². The fraction of sp³-hybridized carbons (Fsp3) is 0.200.